The molecule has 0 radical (unpaired) electrons. The molecule has 40 heavy (non-hydrogen) atoms. The molecule has 0 bridgehead atoms. The van der Waals surface area contributed by atoms with Crippen LogP contribution in [0.2, 0.25) is 0 Å². The Morgan fingerprint density at radius 3 is 2.45 bits per heavy atom. The second-order valence-corrected chi connectivity index (χ2v) is 11.1. The summed E-state index contributed by atoms with van der Waals surface area (Å²) in [5, 5.41) is 10.2. The number of benzene rings is 3. The number of allylic oxidation sites excluding steroid dienone is 1. The predicted molar refractivity (Wildman–Crippen MR) is 159 cm³/mol. The molecule has 1 atom stereocenters. The van der Waals surface area contributed by atoms with E-state index in [1.807, 2.05) is 6.07 Å². The van der Waals surface area contributed by atoms with E-state index < -0.39 is 0 Å². The number of hydrogen-bond donors (Lipinski definition) is 1. The number of alkyl halides is 1. The Kier molecular flexibility index (Phi) is 8.35. The summed E-state index contributed by atoms with van der Waals surface area (Å²) in [6.45, 7) is 5.76. The Balaban J connectivity index is 1.30. The molecular formula is C34H39FN2O3. The molecule has 3 aromatic rings. The van der Waals surface area contributed by atoms with E-state index in [0.29, 0.717) is 12.2 Å². The van der Waals surface area contributed by atoms with Gasteiger partial charge in [-0.3, -0.25) is 9.29 Å². The van der Waals surface area contributed by atoms with Crippen LogP contribution in [0.1, 0.15) is 47.9 Å². The quantitative estimate of drug-likeness (QED) is 0.360. The van der Waals surface area contributed by atoms with Gasteiger partial charge < -0.3 is 19.5 Å². The number of halogens is 1. The maximum Gasteiger partial charge on any atom is 0.119 e. The number of nitrogens with zero attached hydrogens (tertiary/aromatic N) is 2. The number of fused-ring (bicyclic) bond motifs is 1. The van der Waals surface area contributed by atoms with Crippen LogP contribution < -0.4 is 9.64 Å². The number of hydrogen-bond acceptors (Lipinski definition) is 5. The van der Waals surface area contributed by atoms with Crippen LogP contribution >= 0.6 is 0 Å². The minimum atomic E-state index is -0.262. The Morgan fingerprint density at radius 2 is 1.68 bits per heavy atom. The summed E-state index contributed by atoms with van der Waals surface area (Å²) in [6.07, 6.45) is 4.64. The monoisotopic (exact) mass is 542 g/mol. The number of anilines is 1. The van der Waals surface area contributed by atoms with E-state index in [4.69, 9.17) is 9.47 Å². The van der Waals surface area contributed by atoms with Crippen LogP contribution in [0.5, 0.6) is 11.5 Å². The van der Waals surface area contributed by atoms with Gasteiger partial charge in [0, 0.05) is 38.4 Å². The molecule has 2 fully saturated rings. The summed E-state index contributed by atoms with van der Waals surface area (Å²) in [5.74, 6) is 1.19. The van der Waals surface area contributed by atoms with Gasteiger partial charge in [0.1, 0.15) is 17.6 Å². The molecule has 0 amide bonds. The third-order valence-corrected chi connectivity index (χ3v) is 8.41. The summed E-state index contributed by atoms with van der Waals surface area (Å²) in [7, 11) is 0. The molecule has 2 saturated heterocycles. The van der Waals surface area contributed by atoms with Crippen molar-refractivity contribution in [1.82, 2.24) is 4.90 Å². The lowest BCUT2D eigenvalue weighted by Crippen LogP contribution is -2.36. The van der Waals surface area contributed by atoms with Crippen LogP contribution in [0.15, 0.2) is 66.7 Å². The number of rotatable bonds is 8. The van der Waals surface area contributed by atoms with Crippen molar-refractivity contribution in [2.45, 2.75) is 38.2 Å². The molecule has 0 aromatic heterocycles. The Labute approximate surface area is 236 Å². The average molecular weight is 543 g/mol. The molecule has 1 N–H and O–H groups in total. The molecule has 5 nitrogen and oxygen atoms in total. The van der Waals surface area contributed by atoms with E-state index in [1.54, 1.807) is 6.07 Å². The number of aromatic hydroxyl groups is 1. The van der Waals surface area contributed by atoms with E-state index in [9.17, 15) is 9.50 Å². The van der Waals surface area contributed by atoms with Crippen LogP contribution in [0.3, 0.4) is 0 Å². The maximum absolute atomic E-state index is 12.6. The van der Waals surface area contributed by atoms with Crippen molar-refractivity contribution < 1.29 is 19.0 Å². The summed E-state index contributed by atoms with van der Waals surface area (Å²) in [5.41, 5.74) is 8.59. The Hall–Kier alpha value is -3.35. The molecule has 0 saturated carbocycles. The van der Waals surface area contributed by atoms with Gasteiger partial charge in [0.05, 0.1) is 19.9 Å². The highest BCUT2D eigenvalue weighted by Gasteiger charge is 2.24. The SMILES string of the molecule is Oc1ccc2c(c1)CCCC(c1ccc(N3CCOCC3)cc1)=C2c1ccc(O[C@H]2CCN(CCCF)C2)cc1. The smallest absolute Gasteiger partial charge is 0.119 e. The molecule has 2 aliphatic heterocycles. The topological polar surface area (TPSA) is 45.2 Å². The first kappa shape index (κ1) is 26.9. The fraction of sp³-hybridized carbons (Fsp3) is 0.412. The first-order chi connectivity index (χ1) is 19.7. The number of ether oxygens (including phenoxy) is 2. The van der Waals surface area contributed by atoms with E-state index >= 15 is 0 Å². The first-order valence-electron chi connectivity index (χ1n) is 14.7. The third kappa shape index (κ3) is 6.03. The average Bonchev–Trinajstić information content (AvgIpc) is 3.35. The van der Waals surface area contributed by atoms with Crippen molar-refractivity contribution in [3.05, 3.63) is 89.0 Å². The molecule has 210 valence electrons. The second kappa shape index (κ2) is 12.4. The van der Waals surface area contributed by atoms with Crippen molar-refractivity contribution in [2.24, 2.45) is 0 Å². The number of phenolic OH excluding ortho intramolecular Hbond substituents is 1. The highest BCUT2D eigenvalue weighted by atomic mass is 19.1. The predicted octanol–water partition coefficient (Wildman–Crippen LogP) is 6.34. The number of morpholine rings is 1. The van der Waals surface area contributed by atoms with Crippen molar-refractivity contribution in [3.8, 4) is 11.5 Å². The zero-order valence-corrected chi connectivity index (χ0v) is 23.2. The van der Waals surface area contributed by atoms with E-state index in [0.717, 1.165) is 82.9 Å². The zero-order valence-electron chi connectivity index (χ0n) is 23.2. The number of phenols is 1. The summed E-state index contributed by atoms with van der Waals surface area (Å²) >= 11 is 0. The minimum Gasteiger partial charge on any atom is -0.508 e. The lowest BCUT2D eigenvalue weighted by molar-refractivity contribution is 0.122. The first-order valence-corrected chi connectivity index (χ1v) is 14.7. The second-order valence-electron chi connectivity index (χ2n) is 11.1. The molecule has 3 aliphatic rings. The van der Waals surface area contributed by atoms with Crippen molar-refractivity contribution in [2.75, 3.05) is 57.5 Å². The molecule has 1 aliphatic carbocycles. The fourth-order valence-electron chi connectivity index (χ4n) is 6.36. The van der Waals surface area contributed by atoms with Crippen LogP contribution in [0, 0.1) is 0 Å². The molecular weight excluding hydrogens is 503 g/mol. The van der Waals surface area contributed by atoms with Gasteiger partial charge in [-0.05, 0) is 102 Å². The van der Waals surface area contributed by atoms with Gasteiger partial charge in [0.25, 0.3) is 0 Å². The van der Waals surface area contributed by atoms with Gasteiger partial charge in [0.2, 0.25) is 0 Å². The normalized spacial score (nSPS) is 19.9. The van der Waals surface area contributed by atoms with Crippen LogP contribution in [-0.2, 0) is 11.2 Å². The van der Waals surface area contributed by atoms with E-state index in [2.05, 4.69) is 64.4 Å². The largest absolute Gasteiger partial charge is 0.508 e. The number of aryl methyl sites for hydroxylation is 1. The van der Waals surface area contributed by atoms with Crippen LogP contribution in [0.4, 0.5) is 10.1 Å². The van der Waals surface area contributed by atoms with Gasteiger partial charge in [-0.25, -0.2) is 0 Å². The van der Waals surface area contributed by atoms with Crippen molar-refractivity contribution >= 4 is 16.8 Å². The zero-order chi connectivity index (χ0) is 27.3. The lowest BCUT2D eigenvalue weighted by Gasteiger charge is -2.29. The van der Waals surface area contributed by atoms with Gasteiger partial charge in [-0.15, -0.1) is 0 Å². The van der Waals surface area contributed by atoms with Gasteiger partial charge in [-0.1, -0.05) is 30.3 Å². The van der Waals surface area contributed by atoms with Gasteiger partial charge in [0.15, 0.2) is 0 Å². The maximum atomic E-state index is 12.6. The lowest BCUT2D eigenvalue weighted by atomic mass is 9.87. The van der Waals surface area contributed by atoms with Gasteiger partial charge in [-0.2, -0.15) is 0 Å². The van der Waals surface area contributed by atoms with Gasteiger partial charge >= 0.3 is 0 Å². The van der Waals surface area contributed by atoms with Crippen LogP contribution in [0.25, 0.3) is 11.1 Å². The highest BCUT2D eigenvalue weighted by molar-refractivity contribution is 6.00. The molecule has 0 unspecified atom stereocenters. The third-order valence-electron chi connectivity index (χ3n) is 8.41. The number of likely N-dealkylation sites (tertiary alicyclic amines) is 1. The Bertz CT molecular complexity index is 1320. The van der Waals surface area contributed by atoms with E-state index in [-0.39, 0.29) is 12.8 Å². The Morgan fingerprint density at radius 1 is 0.900 bits per heavy atom. The summed E-state index contributed by atoms with van der Waals surface area (Å²) in [4.78, 5) is 4.68. The summed E-state index contributed by atoms with van der Waals surface area (Å²) in [6, 6.07) is 23.3. The minimum absolute atomic E-state index is 0.145. The standard InChI is InChI=1S/C34H39FN2O3/c35-16-2-17-36-18-15-31(24-36)40-30-12-7-26(8-13-30)34-32(4-1-3-27-23-29(38)11-14-33(27)34)25-5-9-28(10-6-25)37-19-21-39-22-20-37/h5-14,23,31,38H,1-4,15-22,24H2/t31-/m0/s1. The fourth-order valence-corrected chi connectivity index (χ4v) is 6.36. The molecule has 2 heterocycles. The highest BCUT2D eigenvalue weighted by Crippen LogP contribution is 2.41. The van der Waals surface area contributed by atoms with Crippen LogP contribution in [-0.4, -0.2) is 68.7 Å². The summed E-state index contributed by atoms with van der Waals surface area (Å²) < 4.78 is 24.4. The van der Waals surface area contributed by atoms with Crippen molar-refractivity contribution in [3.63, 3.8) is 0 Å². The van der Waals surface area contributed by atoms with E-state index in [1.165, 1.54) is 33.5 Å². The molecule has 3 aromatic carbocycles. The molecule has 0 spiro atoms. The molecule has 6 rings (SSSR count). The molecule has 6 heteroatoms. The van der Waals surface area contributed by atoms with Crippen molar-refractivity contribution in [1.29, 1.82) is 0 Å².